The molecule has 3 heteroatoms. The normalized spacial score (nSPS) is 24.2. The number of hydrogen-bond acceptors (Lipinski definition) is 2. The van der Waals surface area contributed by atoms with E-state index in [-0.39, 0.29) is 0 Å². The lowest BCUT2D eigenvalue weighted by Crippen LogP contribution is -2.60. The first-order valence-corrected chi connectivity index (χ1v) is 5.93. The van der Waals surface area contributed by atoms with Crippen LogP contribution < -0.4 is 5.32 Å². The van der Waals surface area contributed by atoms with Crippen molar-refractivity contribution in [2.75, 3.05) is 13.1 Å². The second-order valence-electron chi connectivity index (χ2n) is 5.57. The van der Waals surface area contributed by atoms with Gasteiger partial charge in [-0.15, -0.1) is 0 Å². The lowest BCUT2D eigenvalue weighted by molar-refractivity contribution is 0.00232. The molecule has 0 atom stereocenters. The summed E-state index contributed by atoms with van der Waals surface area (Å²) in [5.74, 6) is 0.596. The summed E-state index contributed by atoms with van der Waals surface area (Å²) in [7, 11) is 0. The van der Waals surface area contributed by atoms with E-state index >= 15 is 0 Å². The van der Waals surface area contributed by atoms with Gasteiger partial charge < -0.3 is 5.32 Å². The van der Waals surface area contributed by atoms with Crippen LogP contribution in [0.3, 0.4) is 0 Å². The van der Waals surface area contributed by atoms with Gasteiger partial charge in [-0.3, -0.25) is 4.68 Å². The molecule has 15 heavy (non-hydrogen) atoms. The van der Waals surface area contributed by atoms with Crippen LogP contribution in [-0.2, 0) is 0 Å². The zero-order chi connectivity index (χ0) is 10.5. The third-order valence-electron chi connectivity index (χ3n) is 4.00. The maximum Gasteiger partial charge on any atom is 0.0531 e. The van der Waals surface area contributed by atoms with E-state index in [2.05, 4.69) is 35.1 Å². The maximum absolute atomic E-state index is 4.48. The predicted octanol–water partition coefficient (Wildman–Crippen LogP) is 1.93. The van der Waals surface area contributed by atoms with E-state index in [4.69, 9.17) is 0 Å². The summed E-state index contributed by atoms with van der Waals surface area (Å²) in [4.78, 5) is 0. The summed E-state index contributed by atoms with van der Waals surface area (Å²) >= 11 is 0. The van der Waals surface area contributed by atoms with Crippen LogP contribution in [0.15, 0.2) is 12.4 Å². The van der Waals surface area contributed by atoms with Crippen LogP contribution in [0.2, 0.25) is 0 Å². The van der Waals surface area contributed by atoms with E-state index < -0.39 is 0 Å². The van der Waals surface area contributed by atoms with E-state index in [1.807, 2.05) is 6.20 Å². The minimum atomic E-state index is 0.596. The summed E-state index contributed by atoms with van der Waals surface area (Å²) in [5, 5.41) is 7.85. The second-order valence-corrected chi connectivity index (χ2v) is 5.57. The molecule has 1 aromatic heterocycles. The van der Waals surface area contributed by atoms with Crippen LogP contribution in [0.25, 0.3) is 0 Å². The molecule has 0 unspecified atom stereocenters. The molecule has 0 amide bonds. The summed E-state index contributed by atoms with van der Waals surface area (Å²) < 4.78 is 2.18. The predicted molar refractivity (Wildman–Crippen MR) is 59.9 cm³/mol. The van der Waals surface area contributed by atoms with Gasteiger partial charge in [-0.05, 0) is 29.7 Å². The van der Waals surface area contributed by atoms with Gasteiger partial charge in [0.2, 0.25) is 0 Å². The molecular formula is C12H19N3. The molecule has 2 heterocycles. The van der Waals surface area contributed by atoms with Crippen molar-refractivity contribution in [3.05, 3.63) is 18.0 Å². The third-order valence-corrected chi connectivity index (χ3v) is 4.00. The molecule has 1 saturated heterocycles. The highest BCUT2D eigenvalue weighted by Crippen LogP contribution is 2.50. The Bertz CT molecular complexity index is 355. The Morgan fingerprint density at radius 1 is 1.47 bits per heavy atom. The molecule has 1 aliphatic carbocycles. The van der Waals surface area contributed by atoms with Crippen LogP contribution >= 0.6 is 0 Å². The van der Waals surface area contributed by atoms with E-state index in [0.717, 1.165) is 0 Å². The Kier molecular flexibility index (Phi) is 1.93. The SMILES string of the molecule is CC(C)c1cnn(C2CC3(CNC3)C2)c1. The monoisotopic (exact) mass is 205 g/mol. The fraction of sp³-hybridized carbons (Fsp3) is 0.750. The van der Waals surface area contributed by atoms with Crippen molar-refractivity contribution in [3.63, 3.8) is 0 Å². The topological polar surface area (TPSA) is 29.9 Å². The van der Waals surface area contributed by atoms with Crippen molar-refractivity contribution >= 4 is 0 Å². The molecule has 2 fully saturated rings. The van der Waals surface area contributed by atoms with Gasteiger partial charge in [-0.1, -0.05) is 13.8 Å². The minimum Gasteiger partial charge on any atom is -0.316 e. The molecule has 0 radical (unpaired) electrons. The minimum absolute atomic E-state index is 0.596. The van der Waals surface area contributed by atoms with E-state index in [1.54, 1.807) is 0 Å². The first-order valence-electron chi connectivity index (χ1n) is 5.93. The largest absolute Gasteiger partial charge is 0.316 e. The van der Waals surface area contributed by atoms with Crippen molar-refractivity contribution in [2.24, 2.45) is 5.41 Å². The molecule has 1 aliphatic heterocycles. The van der Waals surface area contributed by atoms with Crippen LogP contribution in [0.1, 0.15) is 44.2 Å². The molecule has 0 bridgehead atoms. The second kappa shape index (κ2) is 3.08. The van der Waals surface area contributed by atoms with Crippen molar-refractivity contribution in [1.29, 1.82) is 0 Å². The van der Waals surface area contributed by atoms with Gasteiger partial charge in [0.15, 0.2) is 0 Å². The molecule has 1 saturated carbocycles. The molecule has 1 N–H and O–H groups in total. The number of nitrogens with one attached hydrogen (secondary N) is 1. The van der Waals surface area contributed by atoms with Crippen molar-refractivity contribution in [2.45, 2.75) is 38.6 Å². The Balaban J connectivity index is 1.67. The highest BCUT2D eigenvalue weighted by molar-refractivity contribution is 5.12. The van der Waals surface area contributed by atoms with Crippen molar-refractivity contribution in [3.8, 4) is 0 Å². The van der Waals surface area contributed by atoms with Gasteiger partial charge in [0, 0.05) is 19.3 Å². The van der Waals surface area contributed by atoms with Gasteiger partial charge in [-0.25, -0.2) is 0 Å². The van der Waals surface area contributed by atoms with Crippen LogP contribution in [0, 0.1) is 5.41 Å². The average molecular weight is 205 g/mol. The van der Waals surface area contributed by atoms with Gasteiger partial charge in [-0.2, -0.15) is 5.10 Å². The fourth-order valence-corrected chi connectivity index (χ4v) is 2.74. The van der Waals surface area contributed by atoms with Gasteiger partial charge in [0.25, 0.3) is 0 Å². The van der Waals surface area contributed by atoms with Crippen LogP contribution in [0.4, 0.5) is 0 Å². The summed E-state index contributed by atoms with van der Waals surface area (Å²) in [6.45, 7) is 6.89. The Hall–Kier alpha value is -0.830. The van der Waals surface area contributed by atoms with Crippen LogP contribution in [-0.4, -0.2) is 22.9 Å². The lowest BCUT2D eigenvalue weighted by atomic mass is 9.62. The van der Waals surface area contributed by atoms with Gasteiger partial charge in [0.05, 0.1) is 12.2 Å². The smallest absolute Gasteiger partial charge is 0.0531 e. The number of aromatic nitrogens is 2. The average Bonchev–Trinajstić information content (AvgIpc) is 2.47. The number of hydrogen-bond donors (Lipinski definition) is 1. The summed E-state index contributed by atoms with van der Waals surface area (Å²) in [6, 6.07) is 0.666. The van der Waals surface area contributed by atoms with Crippen LogP contribution in [0.5, 0.6) is 0 Å². The fourth-order valence-electron chi connectivity index (χ4n) is 2.74. The number of nitrogens with zero attached hydrogens (tertiary/aromatic N) is 2. The Morgan fingerprint density at radius 2 is 2.20 bits per heavy atom. The lowest BCUT2D eigenvalue weighted by Gasteiger charge is -2.54. The standard InChI is InChI=1S/C12H19N3/c1-9(2)10-5-14-15(6-10)11-3-12(4-11)7-13-8-12/h5-6,9,11,13H,3-4,7-8H2,1-2H3. The van der Waals surface area contributed by atoms with Crippen molar-refractivity contribution in [1.82, 2.24) is 15.1 Å². The van der Waals surface area contributed by atoms with Gasteiger partial charge >= 0.3 is 0 Å². The molecule has 0 aromatic carbocycles. The Labute approximate surface area is 90.9 Å². The zero-order valence-electron chi connectivity index (χ0n) is 9.53. The molecule has 3 rings (SSSR count). The molecule has 1 aromatic rings. The maximum atomic E-state index is 4.48. The third kappa shape index (κ3) is 1.41. The first-order chi connectivity index (χ1) is 7.19. The molecule has 1 spiro atoms. The molecule has 3 nitrogen and oxygen atoms in total. The van der Waals surface area contributed by atoms with E-state index in [0.29, 0.717) is 17.4 Å². The van der Waals surface area contributed by atoms with E-state index in [1.165, 1.54) is 31.5 Å². The highest BCUT2D eigenvalue weighted by Gasteiger charge is 2.49. The first kappa shape index (κ1) is 9.40. The Morgan fingerprint density at radius 3 is 2.67 bits per heavy atom. The zero-order valence-corrected chi connectivity index (χ0v) is 9.53. The summed E-state index contributed by atoms with van der Waals surface area (Å²) in [6.07, 6.45) is 6.89. The number of rotatable bonds is 2. The van der Waals surface area contributed by atoms with Crippen molar-refractivity contribution < 1.29 is 0 Å². The molecule has 82 valence electrons. The summed E-state index contributed by atoms with van der Waals surface area (Å²) in [5.41, 5.74) is 2.01. The quantitative estimate of drug-likeness (QED) is 0.799. The molecular weight excluding hydrogens is 186 g/mol. The highest BCUT2D eigenvalue weighted by atomic mass is 15.3. The van der Waals surface area contributed by atoms with E-state index in [9.17, 15) is 0 Å². The molecule has 2 aliphatic rings. The van der Waals surface area contributed by atoms with Gasteiger partial charge in [0.1, 0.15) is 0 Å².